The topological polar surface area (TPSA) is 46.2 Å². The zero-order chi connectivity index (χ0) is 17.7. The van der Waals surface area contributed by atoms with Crippen LogP contribution >= 0.6 is 0 Å². The van der Waals surface area contributed by atoms with E-state index in [0.717, 1.165) is 5.56 Å². The lowest BCUT2D eigenvalue weighted by molar-refractivity contribution is -0.201. The molecule has 0 N–H and O–H groups in total. The van der Waals surface area contributed by atoms with Gasteiger partial charge in [-0.3, -0.25) is 0 Å². The second-order valence-electron chi connectivity index (χ2n) is 7.77. The van der Waals surface area contributed by atoms with E-state index >= 15 is 0 Å². The van der Waals surface area contributed by atoms with Crippen LogP contribution in [0.4, 0.5) is 0 Å². The van der Waals surface area contributed by atoms with Crippen LogP contribution in [0.5, 0.6) is 0 Å². The monoisotopic (exact) mass is 346 g/mol. The Morgan fingerprint density at radius 3 is 2.28 bits per heavy atom. The molecule has 3 heterocycles. The fraction of sp³-hybridized carbons (Fsp3) is 0.600. The summed E-state index contributed by atoms with van der Waals surface area (Å²) in [6.45, 7) is 8.22. The molecule has 0 amide bonds. The average Bonchev–Trinajstić information content (AvgIpc) is 3.17. The third-order valence-corrected chi connectivity index (χ3v) is 4.80. The van der Waals surface area contributed by atoms with Crippen molar-refractivity contribution in [2.24, 2.45) is 0 Å². The maximum Gasteiger partial charge on any atom is 0.164 e. The van der Waals surface area contributed by atoms with E-state index in [1.807, 2.05) is 45.9 Å². The van der Waals surface area contributed by atoms with Crippen LogP contribution in [0, 0.1) is 0 Å². The Balaban J connectivity index is 1.54. The zero-order valence-corrected chi connectivity index (χ0v) is 15.2. The van der Waals surface area contributed by atoms with Crippen molar-refractivity contribution in [3.63, 3.8) is 0 Å². The van der Waals surface area contributed by atoms with Gasteiger partial charge >= 0.3 is 0 Å². The second-order valence-corrected chi connectivity index (χ2v) is 7.77. The number of ether oxygens (including phenoxy) is 5. The quantitative estimate of drug-likeness (QED) is 0.841. The molecule has 3 saturated heterocycles. The van der Waals surface area contributed by atoms with E-state index in [9.17, 15) is 0 Å². The number of benzene rings is 1. The van der Waals surface area contributed by atoms with Gasteiger partial charge in [0.15, 0.2) is 11.6 Å². The lowest BCUT2D eigenvalue weighted by Gasteiger charge is -2.26. The average molecular weight is 346 g/mol. The molecule has 5 atom stereocenters. The number of rotatable bonds is 3. The Labute approximate surface area is 148 Å². The molecular formula is C20H26O5. The van der Waals surface area contributed by atoms with E-state index in [0.29, 0.717) is 6.61 Å². The third kappa shape index (κ3) is 3.52. The lowest BCUT2D eigenvalue weighted by Crippen LogP contribution is -2.40. The SMILES string of the molecule is CC1(C)O[C@@H]2[C@H](O1)[C@H](/C=C/c1ccccc1)O[C@@H]2[C@H]1COC(C)(C)O1. The Kier molecular flexibility index (Phi) is 4.25. The number of hydrogen-bond acceptors (Lipinski definition) is 5. The van der Waals surface area contributed by atoms with Gasteiger partial charge in [-0.05, 0) is 33.3 Å². The summed E-state index contributed by atoms with van der Waals surface area (Å²) in [5.74, 6) is -1.21. The minimum atomic E-state index is -0.620. The summed E-state index contributed by atoms with van der Waals surface area (Å²) in [5.41, 5.74) is 1.13. The third-order valence-electron chi connectivity index (χ3n) is 4.80. The van der Waals surface area contributed by atoms with E-state index in [4.69, 9.17) is 23.7 Å². The van der Waals surface area contributed by atoms with Crippen molar-refractivity contribution in [1.82, 2.24) is 0 Å². The van der Waals surface area contributed by atoms with E-state index in [-0.39, 0.29) is 30.5 Å². The van der Waals surface area contributed by atoms with Crippen LogP contribution in [0.15, 0.2) is 36.4 Å². The molecule has 3 fully saturated rings. The summed E-state index contributed by atoms with van der Waals surface area (Å²) in [4.78, 5) is 0. The normalized spacial score (nSPS) is 39.1. The Morgan fingerprint density at radius 2 is 1.60 bits per heavy atom. The zero-order valence-electron chi connectivity index (χ0n) is 15.2. The molecule has 5 nitrogen and oxygen atoms in total. The molecule has 1 aromatic rings. The van der Waals surface area contributed by atoms with Crippen molar-refractivity contribution < 1.29 is 23.7 Å². The largest absolute Gasteiger partial charge is 0.362 e. The van der Waals surface area contributed by atoms with Gasteiger partial charge in [-0.1, -0.05) is 42.5 Å². The number of fused-ring (bicyclic) bond motifs is 1. The van der Waals surface area contributed by atoms with Crippen LogP contribution < -0.4 is 0 Å². The molecular weight excluding hydrogens is 320 g/mol. The van der Waals surface area contributed by atoms with Crippen LogP contribution in [-0.2, 0) is 23.7 Å². The van der Waals surface area contributed by atoms with Crippen molar-refractivity contribution in [3.05, 3.63) is 42.0 Å². The van der Waals surface area contributed by atoms with E-state index in [1.54, 1.807) is 0 Å². The van der Waals surface area contributed by atoms with E-state index in [1.165, 1.54) is 0 Å². The van der Waals surface area contributed by atoms with Gasteiger partial charge in [0.1, 0.15) is 30.5 Å². The minimum absolute atomic E-state index is 0.146. The Bertz CT molecular complexity index is 639. The molecule has 0 unspecified atom stereocenters. The fourth-order valence-corrected chi connectivity index (χ4v) is 3.76. The summed E-state index contributed by atoms with van der Waals surface area (Å²) in [6.07, 6.45) is 3.27. The highest BCUT2D eigenvalue weighted by Crippen LogP contribution is 2.42. The van der Waals surface area contributed by atoms with Crippen LogP contribution in [-0.4, -0.2) is 48.7 Å². The second kappa shape index (κ2) is 6.18. The van der Waals surface area contributed by atoms with E-state index < -0.39 is 11.6 Å². The van der Waals surface area contributed by atoms with Crippen LogP contribution in [0.3, 0.4) is 0 Å². The van der Waals surface area contributed by atoms with Crippen molar-refractivity contribution >= 4 is 6.08 Å². The maximum absolute atomic E-state index is 6.28. The first-order valence-corrected chi connectivity index (χ1v) is 8.89. The highest BCUT2D eigenvalue weighted by Gasteiger charge is 2.58. The smallest absolute Gasteiger partial charge is 0.164 e. The molecule has 25 heavy (non-hydrogen) atoms. The van der Waals surface area contributed by atoms with Crippen molar-refractivity contribution in [2.45, 2.75) is 69.8 Å². The van der Waals surface area contributed by atoms with Gasteiger partial charge in [0, 0.05) is 0 Å². The van der Waals surface area contributed by atoms with Gasteiger partial charge < -0.3 is 23.7 Å². The van der Waals surface area contributed by atoms with Gasteiger partial charge in [-0.2, -0.15) is 0 Å². The molecule has 0 aliphatic carbocycles. The molecule has 4 rings (SSSR count). The molecule has 5 heteroatoms. The molecule has 0 saturated carbocycles. The predicted octanol–water partition coefficient (Wildman–Crippen LogP) is 3.14. The first-order valence-electron chi connectivity index (χ1n) is 8.89. The van der Waals surface area contributed by atoms with Crippen molar-refractivity contribution in [1.29, 1.82) is 0 Å². The fourth-order valence-electron chi connectivity index (χ4n) is 3.76. The summed E-state index contributed by atoms with van der Waals surface area (Å²) in [6, 6.07) is 10.2. The highest BCUT2D eigenvalue weighted by molar-refractivity contribution is 5.49. The van der Waals surface area contributed by atoms with E-state index in [2.05, 4.69) is 24.3 Å². The molecule has 0 aromatic heterocycles. The van der Waals surface area contributed by atoms with Crippen LogP contribution in [0.25, 0.3) is 6.08 Å². The summed E-state index contributed by atoms with van der Waals surface area (Å²) in [5, 5.41) is 0. The molecule has 1 aromatic carbocycles. The van der Waals surface area contributed by atoms with Gasteiger partial charge in [-0.25, -0.2) is 0 Å². The van der Waals surface area contributed by atoms with Gasteiger partial charge in [0.2, 0.25) is 0 Å². The van der Waals surface area contributed by atoms with Crippen LogP contribution in [0.1, 0.15) is 33.3 Å². The Morgan fingerprint density at radius 1 is 0.880 bits per heavy atom. The van der Waals surface area contributed by atoms with Gasteiger partial charge in [0.05, 0.1) is 6.61 Å². The summed E-state index contributed by atoms with van der Waals surface area (Å²) < 4.78 is 30.3. The molecule has 0 bridgehead atoms. The standard InChI is InChI=1S/C20H26O5/c1-19(2)21-12-15(23-19)16-18-17(24-20(3,4)25-18)14(22-16)11-10-13-8-6-5-7-9-13/h5-11,14-18H,12H2,1-4H3/b11-10+/t14-,15+,16+,17+,18-/m0/s1. The summed E-state index contributed by atoms with van der Waals surface area (Å²) in [7, 11) is 0. The molecule has 0 radical (unpaired) electrons. The number of hydrogen-bond donors (Lipinski definition) is 0. The highest BCUT2D eigenvalue weighted by atomic mass is 16.8. The molecule has 136 valence electrons. The first kappa shape index (κ1) is 17.2. The van der Waals surface area contributed by atoms with Gasteiger partial charge in [0.25, 0.3) is 0 Å². The van der Waals surface area contributed by atoms with Crippen molar-refractivity contribution in [3.8, 4) is 0 Å². The summed E-state index contributed by atoms with van der Waals surface area (Å²) >= 11 is 0. The molecule has 3 aliphatic heterocycles. The lowest BCUT2D eigenvalue weighted by atomic mass is 10.0. The predicted molar refractivity (Wildman–Crippen MR) is 92.9 cm³/mol. The minimum Gasteiger partial charge on any atom is -0.362 e. The van der Waals surface area contributed by atoms with Crippen molar-refractivity contribution in [2.75, 3.05) is 6.61 Å². The first-order chi connectivity index (χ1) is 11.8. The van der Waals surface area contributed by atoms with Gasteiger partial charge in [-0.15, -0.1) is 0 Å². The molecule has 3 aliphatic rings. The maximum atomic E-state index is 6.28. The molecule has 0 spiro atoms. The Hall–Kier alpha value is -1.24. The van der Waals surface area contributed by atoms with Crippen LogP contribution in [0.2, 0.25) is 0 Å².